The third-order valence-corrected chi connectivity index (χ3v) is 8.16. The molecule has 1 atom stereocenters. The molecule has 1 saturated carbocycles. The maximum atomic E-state index is 13.5. The van der Waals surface area contributed by atoms with Gasteiger partial charge in [-0.3, -0.25) is 14.2 Å². The van der Waals surface area contributed by atoms with Crippen molar-refractivity contribution in [2.24, 2.45) is 0 Å². The van der Waals surface area contributed by atoms with Crippen molar-refractivity contribution in [1.29, 1.82) is 0 Å². The number of aromatic nitrogens is 2. The van der Waals surface area contributed by atoms with Gasteiger partial charge in [0.1, 0.15) is 4.83 Å². The molecule has 0 aromatic carbocycles. The van der Waals surface area contributed by atoms with E-state index in [0.717, 1.165) is 59.4 Å². The molecule has 1 N–H and O–H groups in total. The minimum Gasteiger partial charge on any atom is -0.376 e. The summed E-state index contributed by atoms with van der Waals surface area (Å²) in [5, 5.41) is 4.53. The average molecular weight is 450 g/mol. The van der Waals surface area contributed by atoms with Crippen LogP contribution in [-0.4, -0.2) is 40.0 Å². The zero-order valence-electron chi connectivity index (χ0n) is 17.9. The van der Waals surface area contributed by atoms with Gasteiger partial charge in [0, 0.05) is 17.5 Å². The highest BCUT2D eigenvalue weighted by molar-refractivity contribution is 7.99. The number of nitrogens with one attached hydrogen (secondary N) is 1. The molecule has 1 amide bonds. The van der Waals surface area contributed by atoms with Gasteiger partial charge in [-0.05, 0) is 44.6 Å². The predicted molar refractivity (Wildman–Crippen MR) is 123 cm³/mol. The Bertz CT molecular complexity index is 957. The molecule has 2 aromatic heterocycles. The van der Waals surface area contributed by atoms with Crippen LogP contribution in [0.15, 0.2) is 9.95 Å². The maximum absolute atomic E-state index is 13.5. The normalized spacial score (nSPS) is 20.1. The van der Waals surface area contributed by atoms with Gasteiger partial charge in [-0.2, -0.15) is 0 Å². The van der Waals surface area contributed by atoms with Crippen LogP contribution in [0.1, 0.15) is 62.3 Å². The first-order valence-corrected chi connectivity index (χ1v) is 12.9. The fourth-order valence-electron chi connectivity index (χ4n) is 4.57. The number of nitrogens with zero attached hydrogens (tertiary/aromatic N) is 2. The molecule has 6 nitrogen and oxygen atoms in total. The summed E-state index contributed by atoms with van der Waals surface area (Å²) in [7, 11) is 0. The van der Waals surface area contributed by atoms with E-state index in [1.54, 1.807) is 15.9 Å². The summed E-state index contributed by atoms with van der Waals surface area (Å²) in [6.07, 6.45) is 8.63. The first-order valence-electron chi connectivity index (χ1n) is 11.1. The summed E-state index contributed by atoms with van der Waals surface area (Å²) in [6, 6.07) is 0.295. The van der Waals surface area contributed by atoms with Crippen molar-refractivity contribution < 1.29 is 9.53 Å². The minimum absolute atomic E-state index is 0.00638. The lowest BCUT2D eigenvalue weighted by atomic mass is 9.95. The van der Waals surface area contributed by atoms with Crippen LogP contribution in [0.3, 0.4) is 0 Å². The van der Waals surface area contributed by atoms with E-state index in [2.05, 4.69) is 19.2 Å². The SMILES string of the molecule is CCc1c(C)sc2nc(SCC(=O)NC3CCCCC3)n(CC3CCCO3)c(=O)c12. The number of amides is 1. The van der Waals surface area contributed by atoms with Gasteiger partial charge < -0.3 is 10.1 Å². The number of fused-ring (bicyclic) bond motifs is 1. The first kappa shape index (κ1) is 21.8. The first-order chi connectivity index (χ1) is 14.6. The Morgan fingerprint density at radius 3 is 2.77 bits per heavy atom. The van der Waals surface area contributed by atoms with Gasteiger partial charge in [0.2, 0.25) is 5.91 Å². The molecule has 1 unspecified atom stereocenters. The van der Waals surface area contributed by atoms with E-state index in [1.807, 2.05) is 0 Å². The van der Waals surface area contributed by atoms with E-state index in [-0.39, 0.29) is 23.3 Å². The minimum atomic E-state index is 0.00638. The number of thiophene rings is 1. The summed E-state index contributed by atoms with van der Waals surface area (Å²) in [5.74, 6) is 0.312. The highest BCUT2D eigenvalue weighted by Gasteiger charge is 2.23. The smallest absolute Gasteiger partial charge is 0.263 e. The lowest BCUT2D eigenvalue weighted by Crippen LogP contribution is -2.37. The van der Waals surface area contributed by atoms with E-state index in [1.165, 1.54) is 31.0 Å². The molecule has 4 rings (SSSR count). The quantitative estimate of drug-likeness (QED) is 0.510. The Morgan fingerprint density at radius 1 is 1.27 bits per heavy atom. The second kappa shape index (κ2) is 9.83. The van der Waals surface area contributed by atoms with E-state index < -0.39 is 0 Å². The molecule has 2 aliphatic rings. The zero-order chi connectivity index (χ0) is 21.1. The summed E-state index contributed by atoms with van der Waals surface area (Å²) in [6.45, 7) is 5.39. The third-order valence-electron chi connectivity index (χ3n) is 6.14. The number of ether oxygens (including phenoxy) is 1. The Labute approximate surface area is 185 Å². The van der Waals surface area contributed by atoms with Gasteiger partial charge in [0.15, 0.2) is 5.16 Å². The monoisotopic (exact) mass is 449 g/mol. The Kier molecular flexibility index (Phi) is 7.16. The number of carbonyl (C=O) groups excluding carboxylic acids is 1. The molecule has 1 saturated heterocycles. The molecule has 0 spiro atoms. The molecule has 2 aromatic rings. The average Bonchev–Trinajstić information content (AvgIpc) is 3.36. The molecule has 2 fully saturated rings. The van der Waals surface area contributed by atoms with Crippen LogP contribution in [-0.2, 0) is 22.5 Å². The van der Waals surface area contributed by atoms with Crippen LogP contribution in [0.2, 0.25) is 0 Å². The molecular formula is C22H31N3O3S2. The second-order valence-electron chi connectivity index (χ2n) is 8.31. The molecule has 164 valence electrons. The number of hydrogen-bond donors (Lipinski definition) is 1. The van der Waals surface area contributed by atoms with E-state index >= 15 is 0 Å². The number of thioether (sulfide) groups is 1. The van der Waals surface area contributed by atoms with Gasteiger partial charge in [-0.15, -0.1) is 11.3 Å². The van der Waals surface area contributed by atoms with Crippen molar-refractivity contribution >= 4 is 39.2 Å². The third kappa shape index (κ3) is 4.75. The van der Waals surface area contributed by atoms with E-state index in [0.29, 0.717) is 17.7 Å². The number of aryl methyl sites for hydroxylation is 2. The van der Waals surface area contributed by atoms with Crippen molar-refractivity contribution in [2.45, 2.75) is 89.1 Å². The van der Waals surface area contributed by atoms with Gasteiger partial charge in [-0.1, -0.05) is 37.9 Å². The zero-order valence-corrected chi connectivity index (χ0v) is 19.5. The standard InChI is InChI=1S/C22H31N3O3S2/c1-3-17-14(2)30-20-19(17)21(27)25(12-16-10-7-11-28-16)22(24-20)29-13-18(26)23-15-8-5-4-6-9-15/h15-16H,3-13H2,1-2H3,(H,23,26). The second-order valence-corrected chi connectivity index (χ2v) is 10.5. The fraction of sp³-hybridized carbons (Fsp3) is 0.682. The Hall–Kier alpha value is -1.38. The molecular weight excluding hydrogens is 418 g/mol. The van der Waals surface area contributed by atoms with Crippen molar-refractivity contribution in [3.63, 3.8) is 0 Å². The van der Waals surface area contributed by atoms with Crippen LogP contribution in [0.5, 0.6) is 0 Å². The largest absolute Gasteiger partial charge is 0.376 e. The lowest BCUT2D eigenvalue weighted by molar-refractivity contribution is -0.119. The van der Waals surface area contributed by atoms with Crippen LogP contribution in [0, 0.1) is 6.92 Å². The topological polar surface area (TPSA) is 73.2 Å². The van der Waals surface area contributed by atoms with Gasteiger partial charge in [0.25, 0.3) is 5.56 Å². The predicted octanol–water partition coefficient (Wildman–Crippen LogP) is 4.05. The summed E-state index contributed by atoms with van der Waals surface area (Å²) in [5.41, 5.74) is 1.10. The van der Waals surface area contributed by atoms with Crippen molar-refractivity contribution in [3.05, 3.63) is 20.8 Å². The van der Waals surface area contributed by atoms with E-state index in [9.17, 15) is 9.59 Å². The Balaban J connectivity index is 1.58. The van der Waals surface area contributed by atoms with Crippen LogP contribution in [0.25, 0.3) is 10.2 Å². The molecule has 0 radical (unpaired) electrons. The summed E-state index contributed by atoms with van der Waals surface area (Å²) >= 11 is 2.95. The van der Waals surface area contributed by atoms with Gasteiger partial charge in [-0.25, -0.2) is 4.98 Å². The number of rotatable bonds is 7. The van der Waals surface area contributed by atoms with Gasteiger partial charge >= 0.3 is 0 Å². The highest BCUT2D eigenvalue weighted by atomic mass is 32.2. The van der Waals surface area contributed by atoms with Crippen molar-refractivity contribution in [3.8, 4) is 0 Å². The lowest BCUT2D eigenvalue weighted by Gasteiger charge is -2.22. The Morgan fingerprint density at radius 2 is 2.07 bits per heavy atom. The van der Waals surface area contributed by atoms with Gasteiger partial charge in [0.05, 0.1) is 23.8 Å². The molecule has 1 aliphatic carbocycles. The number of carbonyl (C=O) groups is 1. The molecule has 8 heteroatoms. The molecule has 1 aliphatic heterocycles. The molecule has 0 bridgehead atoms. The van der Waals surface area contributed by atoms with Crippen molar-refractivity contribution in [2.75, 3.05) is 12.4 Å². The van der Waals surface area contributed by atoms with Crippen LogP contribution >= 0.6 is 23.1 Å². The maximum Gasteiger partial charge on any atom is 0.263 e. The van der Waals surface area contributed by atoms with Crippen LogP contribution in [0.4, 0.5) is 0 Å². The number of hydrogen-bond acceptors (Lipinski definition) is 6. The highest BCUT2D eigenvalue weighted by Crippen LogP contribution is 2.30. The van der Waals surface area contributed by atoms with E-state index in [4.69, 9.17) is 9.72 Å². The summed E-state index contributed by atoms with van der Waals surface area (Å²) < 4.78 is 7.55. The van der Waals surface area contributed by atoms with Crippen LogP contribution < -0.4 is 10.9 Å². The molecule has 30 heavy (non-hydrogen) atoms. The van der Waals surface area contributed by atoms with Crippen molar-refractivity contribution in [1.82, 2.24) is 14.9 Å². The summed E-state index contributed by atoms with van der Waals surface area (Å²) in [4.78, 5) is 32.7. The fourth-order valence-corrected chi connectivity index (χ4v) is 6.54. The molecule has 3 heterocycles.